The largest absolute Gasteiger partial charge is 0.466 e. The summed E-state index contributed by atoms with van der Waals surface area (Å²) >= 11 is 0. The molecule has 6 nitrogen and oxygen atoms in total. The lowest BCUT2D eigenvalue weighted by molar-refractivity contribution is -0.134. The number of aryl methyl sites for hydroxylation is 2. The van der Waals surface area contributed by atoms with Crippen LogP contribution in [0.5, 0.6) is 0 Å². The molecule has 0 fully saturated rings. The lowest BCUT2D eigenvalue weighted by Gasteiger charge is -2.13. The first-order valence-corrected chi connectivity index (χ1v) is 6.48. The predicted molar refractivity (Wildman–Crippen MR) is 75.2 cm³/mol. The second-order valence-electron chi connectivity index (χ2n) is 4.65. The van der Waals surface area contributed by atoms with Gasteiger partial charge in [-0.2, -0.15) is 5.10 Å². The smallest absolute Gasteiger partial charge is 0.330 e. The van der Waals surface area contributed by atoms with Crippen LogP contribution < -0.4 is 5.32 Å². The van der Waals surface area contributed by atoms with E-state index in [0.717, 1.165) is 11.4 Å². The van der Waals surface area contributed by atoms with Crippen molar-refractivity contribution in [2.24, 2.45) is 0 Å². The molecular formula is C14H21N3O3. The minimum atomic E-state index is -0.435. The van der Waals surface area contributed by atoms with E-state index in [4.69, 9.17) is 0 Å². The number of rotatable bonds is 6. The molecule has 0 saturated carbocycles. The summed E-state index contributed by atoms with van der Waals surface area (Å²) in [5.41, 5.74) is 1.98. The molecule has 0 aromatic carbocycles. The maximum Gasteiger partial charge on any atom is 0.330 e. The van der Waals surface area contributed by atoms with Crippen molar-refractivity contribution < 1.29 is 14.3 Å². The zero-order chi connectivity index (χ0) is 15.1. The van der Waals surface area contributed by atoms with Crippen LogP contribution in [0.15, 0.2) is 18.2 Å². The van der Waals surface area contributed by atoms with E-state index in [1.54, 1.807) is 6.08 Å². The number of nitrogens with one attached hydrogen (secondary N) is 1. The second kappa shape index (κ2) is 7.47. The van der Waals surface area contributed by atoms with Crippen LogP contribution in [0, 0.1) is 13.8 Å². The zero-order valence-electron chi connectivity index (χ0n) is 12.3. The number of methoxy groups -OCH3 is 1. The Bertz CT molecular complexity index is 506. The van der Waals surface area contributed by atoms with Crippen molar-refractivity contribution in [1.29, 1.82) is 0 Å². The third-order valence-corrected chi connectivity index (χ3v) is 2.82. The Morgan fingerprint density at radius 2 is 2.20 bits per heavy atom. The minimum Gasteiger partial charge on any atom is -0.466 e. The van der Waals surface area contributed by atoms with Crippen LogP contribution in [-0.4, -0.2) is 35.3 Å². The first kappa shape index (κ1) is 15.9. The fourth-order valence-corrected chi connectivity index (χ4v) is 1.92. The Balaban J connectivity index is 2.41. The predicted octanol–water partition coefficient (Wildman–Crippen LogP) is 1.30. The Kier molecular flexibility index (Phi) is 5.96. The Hall–Kier alpha value is -2.11. The number of ether oxygens (including phenoxy) is 1. The summed E-state index contributed by atoms with van der Waals surface area (Å²) in [6.07, 6.45) is 3.18. The van der Waals surface area contributed by atoms with Crippen molar-refractivity contribution in [3.8, 4) is 0 Å². The molecule has 1 heterocycles. The molecule has 0 spiro atoms. The highest BCUT2D eigenvalue weighted by Crippen LogP contribution is 2.13. The number of aromatic nitrogens is 2. The number of esters is 1. The molecule has 0 saturated heterocycles. The normalized spacial score (nSPS) is 12.4. The number of hydrogen-bond donors (Lipinski definition) is 1. The van der Waals surface area contributed by atoms with Gasteiger partial charge in [0, 0.05) is 24.7 Å². The summed E-state index contributed by atoms with van der Waals surface area (Å²) in [6, 6.07) is 1.97. The van der Waals surface area contributed by atoms with Crippen LogP contribution in [0.2, 0.25) is 0 Å². The van der Waals surface area contributed by atoms with Crippen LogP contribution in [0.25, 0.3) is 0 Å². The van der Waals surface area contributed by atoms with Crippen LogP contribution in [0.3, 0.4) is 0 Å². The fourth-order valence-electron chi connectivity index (χ4n) is 1.92. The standard InChI is InChI=1S/C14H21N3O3/c1-10-8-11(2)17(16-10)12(3)9-13(18)15-7-5-6-14(19)20-4/h5-6,8,12H,7,9H2,1-4H3,(H,15,18)/b6-5+. The van der Waals surface area contributed by atoms with E-state index in [1.807, 2.05) is 31.5 Å². The molecule has 20 heavy (non-hydrogen) atoms. The number of nitrogens with zero attached hydrogens (tertiary/aromatic N) is 2. The summed E-state index contributed by atoms with van der Waals surface area (Å²) in [6.45, 7) is 6.14. The lowest BCUT2D eigenvalue weighted by atomic mass is 10.2. The maximum atomic E-state index is 11.8. The van der Waals surface area contributed by atoms with E-state index in [1.165, 1.54) is 13.2 Å². The number of amides is 1. The third-order valence-electron chi connectivity index (χ3n) is 2.82. The summed E-state index contributed by atoms with van der Waals surface area (Å²) in [7, 11) is 1.31. The molecule has 1 aromatic heterocycles. The second-order valence-corrected chi connectivity index (χ2v) is 4.65. The van der Waals surface area contributed by atoms with Crippen molar-refractivity contribution in [3.05, 3.63) is 29.6 Å². The average Bonchev–Trinajstić information content (AvgIpc) is 2.73. The average molecular weight is 279 g/mol. The van der Waals surface area contributed by atoms with E-state index >= 15 is 0 Å². The molecule has 1 amide bonds. The lowest BCUT2D eigenvalue weighted by Crippen LogP contribution is -2.26. The fraction of sp³-hybridized carbons (Fsp3) is 0.500. The molecule has 1 N–H and O–H groups in total. The highest BCUT2D eigenvalue weighted by molar-refractivity contribution is 5.82. The Morgan fingerprint density at radius 1 is 1.50 bits per heavy atom. The molecule has 0 bridgehead atoms. The molecule has 110 valence electrons. The molecule has 0 radical (unpaired) electrons. The molecule has 6 heteroatoms. The van der Waals surface area contributed by atoms with Gasteiger partial charge in [-0.25, -0.2) is 4.79 Å². The molecule has 1 unspecified atom stereocenters. The van der Waals surface area contributed by atoms with Gasteiger partial charge in [-0.15, -0.1) is 0 Å². The summed E-state index contributed by atoms with van der Waals surface area (Å²) < 4.78 is 6.29. The van der Waals surface area contributed by atoms with Gasteiger partial charge in [0.15, 0.2) is 0 Å². The monoisotopic (exact) mass is 279 g/mol. The highest BCUT2D eigenvalue weighted by atomic mass is 16.5. The van der Waals surface area contributed by atoms with Gasteiger partial charge >= 0.3 is 5.97 Å². The number of hydrogen-bond acceptors (Lipinski definition) is 4. The Morgan fingerprint density at radius 3 is 2.75 bits per heavy atom. The Labute approximate surface area is 118 Å². The number of carbonyl (C=O) groups excluding carboxylic acids is 2. The molecule has 1 rings (SSSR count). The van der Waals surface area contributed by atoms with Crippen LogP contribution in [-0.2, 0) is 14.3 Å². The first-order valence-electron chi connectivity index (χ1n) is 6.48. The van der Waals surface area contributed by atoms with E-state index in [9.17, 15) is 9.59 Å². The van der Waals surface area contributed by atoms with Crippen molar-refractivity contribution in [3.63, 3.8) is 0 Å². The van der Waals surface area contributed by atoms with Crippen LogP contribution >= 0.6 is 0 Å². The van der Waals surface area contributed by atoms with Gasteiger partial charge in [0.25, 0.3) is 0 Å². The molecule has 0 aliphatic carbocycles. The van der Waals surface area contributed by atoms with Crippen molar-refractivity contribution in [2.45, 2.75) is 33.2 Å². The quantitative estimate of drug-likeness (QED) is 0.629. The van der Waals surface area contributed by atoms with Crippen molar-refractivity contribution in [2.75, 3.05) is 13.7 Å². The van der Waals surface area contributed by atoms with Crippen LogP contribution in [0.1, 0.15) is 30.8 Å². The molecule has 0 aliphatic heterocycles. The van der Waals surface area contributed by atoms with Crippen molar-refractivity contribution in [1.82, 2.24) is 15.1 Å². The van der Waals surface area contributed by atoms with Gasteiger partial charge in [-0.05, 0) is 26.8 Å². The van der Waals surface area contributed by atoms with Gasteiger partial charge in [-0.3, -0.25) is 9.48 Å². The van der Waals surface area contributed by atoms with E-state index < -0.39 is 5.97 Å². The molecular weight excluding hydrogens is 258 g/mol. The van der Waals surface area contributed by atoms with E-state index in [-0.39, 0.29) is 11.9 Å². The van der Waals surface area contributed by atoms with Gasteiger partial charge in [-0.1, -0.05) is 6.08 Å². The zero-order valence-corrected chi connectivity index (χ0v) is 12.3. The van der Waals surface area contributed by atoms with Gasteiger partial charge in [0.1, 0.15) is 0 Å². The summed E-state index contributed by atoms with van der Waals surface area (Å²) in [5, 5.41) is 7.07. The molecule has 1 atom stereocenters. The van der Waals surface area contributed by atoms with Crippen LogP contribution in [0.4, 0.5) is 0 Å². The number of carbonyl (C=O) groups is 2. The maximum absolute atomic E-state index is 11.8. The summed E-state index contributed by atoms with van der Waals surface area (Å²) in [5.74, 6) is -0.519. The van der Waals surface area contributed by atoms with E-state index in [0.29, 0.717) is 13.0 Å². The third kappa shape index (κ3) is 4.87. The highest BCUT2D eigenvalue weighted by Gasteiger charge is 2.13. The molecule has 0 aliphatic rings. The first-order chi connectivity index (χ1) is 9.43. The molecule has 1 aromatic rings. The van der Waals surface area contributed by atoms with E-state index in [2.05, 4.69) is 15.2 Å². The summed E-state index contributed by atoms with van der Waals surface area (Å²) in [4.78, 5) is 22.6. The SMILES string of the molecule is COC(=O)/C=C/CNC(=O)CC(C)n1nc(C)cc1C. The van der Waals surface area contributed by atoms with Gasteiger partial charge < -0.3 is 10.1 Å². The minimum absolute atomic E-state index is 0.00622. The van der Waals surface area contributed by atoms with Gasteiger partial charge in [0.05, 0.1) is 18.8 Å². The van der Waals surface area contributed by atoms with Gasteiger partial charge in [0.2, 0.25) is 5.91 Å². The van der Waals surface area contributed by atoms with Crippen molar-refractivity contribution >= 4 is 11.9 Å². The topological polar surface area (TPSA) is 73.2 Å².